The number of benzene rings is 2. The van der Waals surface area contributed by atoms with Crippen LogP contribution >= 0.6 is 0 Å². The standard InChI is InChI=1S/C28H32N2O6/c1-16-4-5-23-21(9-16)22(31)10-24(36-23)25(32)29-27-13-28(14-27,15-27)30-11-20(35-26(30)33)12-34-19-7-17(2)6-18(3)8-19/h4-9,20,22,24,31H,10-15H2,1-3H3,(H,29,32)/t20?,22-,24-,27?,28?/m1/s1. The number of nitrogens with zero attached hydrogens (tertiary/aromatic N) is 1. The van der Waals surface area contributed by atoms with Crippen LogP contribution in [0.2, 0.25) is 0 Å². The van der Waals surface area contributed by atoms with Gasteiger partial charge in [-0.05, 0) is 75.4 Å². The molecule has 3 atom stereocenters. The number of carbonyl (C=O) groups is 2. The molecular formula is C28H32N2O6. The number of aliphatic hydroxyl groups excluding tert-OH is 1. The molecule has 2 bridgehead atoms. The molecule has 2 N–H and O–H groups in total. The number of carbonyl (C=O) groups excluding carboxylic acids is 2. The van der Waals surface area contributed by atoms with Crippen molar-refractivity contribution in [3.63, 3.8) is 0 Å². The van der Waals surface area contributed by atoms with Crippen molar-refractivity contribution in [2.45, 2.75) is 75.8 Å². The van der Waals surface area contributed by atoms with Crippen molar-refractivity contribution >= 4 is 12.0 Å². The third kappa shape index (κ3) is 3.88. The summed E-state index contributed by atoms with van der Waals surface area (Å²) in [6.07, 6.45) is 0.246. The lowest BCUT2D eigenvalue weighted by Gasteiger charge is -2.72. The molecule has 2 aromatic rings. The van der Waals surface area contributed by atoms with Gasteiger partial charge >= 0.3 is 6.09 Å². The fourth-order valence-electron chi connectivity index (χ4n) is 6.42. The summed E-state index contributed by atoms with van der Waals surface area (Å²) >= 11 is 0. The Morgan fingerprint density at radius 1 is 1.08 bits per heavy atom. The zero-order valence-corrected chi connectivity index (χ0v) is 20.9. The minimum absolute atomic E-state index is 0.211. The van der Waals surface area contributed by atoms with Gasteiger partial charge in [-0.15, -0.1) is 0 Å². The molecule has 7 rings (SSSR count). The SMILES string of the molecule is Cc1cc(C)cc(OCC2CN(C34CC(NC(=O)[C@H]5C[C@@H](O)c6cc(C)ccc6O5)(C3)C4)C(=O)O2)c1. The number of cyclic esters (lactones) is 1. The van der Waals surface area contributed by atoms with Crippen molar-refractivity contribution < 1.29 is 28.9 Å². The van der Waals surface area contributed by atoms with Crippen LogP contribution < -0.4 is 14.8 Å². The molecule has 3 saturated carbocycles. The molecule has 1 saturated heterocycles. The second kappa shape index (κ2) is 8.13. The van der Waals surface area contributed by atoms with Gasteiger partial charge in [0.1, 0.15) is 18.1 Å². The van der Waals surface area contributed by atoms with E-state index in [-0.39, 0.29) is 35.6 Å². The van der Waals surface area contributed by atoms with Crippen LogP contribution in [0, 0.1) is 20.8 Å². The van der Waals surface area contributed by atoms with Gasteiger partial charge in [-0.2, -0.15) is 0 Å². The first-order chi connectivity index (χ1) is 17.1. The van der Waals surface area contributed by atoms with E-state index >= 15 is 0 Å². The lowest BCUT2D eigenvalue weighted by Crippen LogP contribution is -2.84. The summed E-state index contributed by atoms with van der Waals surface area (Å²) in [4.78, 5) is 27.4. The van der Waals surface area contributed by atoms with Gasteiger partial charge in [0.15, 0.2) is 12.2 Å². The van der Waals surface area contributed by atoms with E-state index in [9.17, 15) is 14.7 Å². The highest BCUT2D eigenvalue weighted by Crippen LogP contribution is 2.64. The highest BCUT2D eigenvalue weighted by atomic mass is 16.6. The molecule has 36 heavy (non-hydrogen) atoms. The van der Waals surface area contributed by atoms with Crippen LogP contribution in [-0.2, 0) is 9.53 Å². The Labute approximate surface area is 210 Å². The fraction of sp³-hybridized carbons (Fsp3) is 0.500. The van der Waals surface area contributed by atoms with E-state index < -0.39 is 12.2 Å². The van der Waals surface area contributed by atoms with Crippen molar-refractivity contribution in [3.05, 3.63) is 58.7 Å². The summed E-state index contributed by atoms with van der Waals surface area (Å²) in [5.41, 5.74) is 3.46. The molecule has 190 valence electrons. The molecule has 0 aromatic heterocycles. The monoisotopic (exact) mass is 492 g/mol. The number of hydrogen-bond donors (Lipinski definition) is 2. The Bertz CT molecular complexity index is 1200. The largest absolute Gasteiger partial charge is 0.490 e. The molecule has 0 radical (unpaired) electrons. The lowest BCUT2D eigenvalue weighted by atomic mass is 9.43. The number of ether oxygens (including phenoxy) is 3. The predicted molar refractivity (Wildman–Crippen MR) is 131 cm³/mol. The molecule has 5 aliphatic rings. The molecule has 0 spiro atoms. The van der Waals surface area contributed by atoms with Crippen molar-refractivity contribution in [2.24, 2.45) is 0 Å². The van der Waals surface area contributed by atoms with Gasteiger partial charge in [0.2, 0.25) is 0 Å². The number of aryl methyl sites for hydroxylation is 3. The predicted octanol–water partition coefficient (Wildman–Crippen LogP) is 3.49. The summed E-state index contributed by atoms with van der Waals surface area (Å²) in [6.45, 7) is 6.81. The van der Waals surface area contributed by atoms with E-state index in [4.69, 9.17) is 14.2 Å². The first-order valence-corrected chi connectivity index (χ1v) is 12.6. The third-order valence-electron chi connectivity index (χ3n) is 7.99. The van der Waals surface area contributed by atoms with Crippen molar-refractivity contribution in [3.8, 4) is 11.5 Å². The zero-order valence-electron chi connectivity index (χ0n) is 20.9. The van der Waals surface area contributed by atoms with Crippen molar-refractivity contribution in [1.82, 2.24) is 10.2 Å². The van der Waals surface area contributed by atoms with E-state index in [1.165, 1.54) is 0 Å². The minimum Gasteiger partial charge on any atom is -0.490 e. The van der Waals surface area contributed by atoms with Crippen molar-refractivity contribution in [1.29, 1.82) is 0 Å². The minimum atomic E-state index is -0.733. The second-order valence-corrected chi connectivity index (χ2v) is 11.2. The number of aliphatic hydroxyl groups is 1. The first kappa shape index (κ1) is 23.2. The van der Waals surface area contributed by atoms with Gasteiger partial charge in [-0.25, -0.2) is 4.79 Å². The van der Waals surface area contributed by atoms with Gasteiger partial charge in [0.25, 0.3) is 5.91 Å². The molecule has 3 aliphatic carbocycles. The van der Waals surface area contributed by atoms with Crippen LogP contribution in [0.15, 0.2) is 36.4 Å². The number of fused-ring (bicyclic) bond motifs is 1. The highest BCUT2D eigenvalue weighted by Gasteiger charge is 2.73. The van der Waals surface area contributed by atoms with Crippen LogP contribution in [0.5, 0.6) is 11.5 Å². The fourth-order valence-corrected chi connectivity index (χ4v) is 6.42. The number of rotatable bonds is 6. The molecular weight excluding hydrogens is 460 g/mol. The Balaban J connectivity index is 1.02. The van der Waals surface area contributed by atoms with Crippen molar-refractivity contribution in [2.75, 3.05) is 13.2 Å². The van der Waals surface area contributed by atoms with Gasteiger partial charge in [0.05, 0.1) is 18.2 Å². The highest BCUT2D eigenvalue weighted by molar-refractivity contribution is 5.83. The Hall–Kier alpha value is -3.26. The molecule has 4 fully saturated rings. The van der Waals surface area contributed by atoms with Gasteiger partial charge in [-0.1, -0.05) is 17.7 Å². The summed E-state index contributed by atoms with van der Waals surface area (Å²) in [6, 6.07) is 11.7. The summed E-state index contributed by atoms with van der Waals surface area (Å²) < 4.78 is 17.4. The average molecular weight is 493 g/mol. The number of hydrogen-bond acceptors (Lipinski definition) is 6. The van der Waals surface area contributed by atoms with E-state index in [2.05, 4.69) is 11.4 Å². The van der Waals surface area contributed by atoms with Gasteiger partial charge < -0.3 is 24.6 Å². The van der Waals surface area contributed by atoms with E-state index in [0.29, 0.717) is 38.2 Å². The van der Waals surface area contributed by atoms with Gasteiger partial charge in [-0.3, -0.25) is 9.69 Å². The smallest absolute Gasteiger partial charge is 0.410 e. The molecule has 2 aliphatic heterocycles. The van der Waals surface area contributed by atoms with Gasteiger partial charge in [0, 0.05) is 17.5 Å². The maximum absolute atomic E-state index is 13.0. The van der Waals surface area contributed by atoms with Crippen LogP contribution in [-0.4, -0.2) is 58.4 Å². The maximum Gasteiger partial charge on any atom is 0.410 e. The summed E-state index contributed by atoms with van der Waals surface area (Å²) in [7, 11) is 0. The maximum atomic E-state index is 13.0. The molecule has 2 aromatic carbocycles. The topological polar surface area (TPSA) is 97.3 Å². The normalized spacial score (nSPS) is 31.9. The third-order valence-corrected chi connectivity index (χ3v) is 7.99. The zero-order chi connectivity index (χ0) is 25.2. The summed E-state index contributed by atoms with van der Waals surface area (Å²) in [5.74, 6) is 1.13. The molecule has 2 heterocycles. The average Bonchev–Trinajstić information content (AvgIpc) is 3.13. The van der Waals surface area contributed by atoms with Crippen LogP contribution in [0.25, 0.3) is 0 Å². The Morgan fingerprint density at radius 2 is 1.81 bits per heavy atom. The first-order valence-electron chi connectivity index (χ1n) is 12.6. The van der Waals surface area contributed by atoms with Crippen LogP contribution in [0.1, 0.15) is 54.0 Å². The van der Waals surface area contributed by atoms with Crippen LogP contribution in [0.4, 0.5) is 4.79 Å². The lowest BCUT2D eigenvalue weighted by molar-refractivity contribution is -0.170. The molecule has 2 amide bonds. The Kier molecular flexibility index (Phi) is 5.23. The quantitative estimate of drug-likeness (QED) is 0.641. The molecule has 1 unspecified atom stereocenters. The van der Waals surface area contributed by atoms with E-state index in [1.807, 2.05) is 56.0 Å². The number of amides is 2. The molecule has 8 heteroatoms. The molecule has 8 nitrogen and oxygen atoms in total. The van der Waals surface area contributed by atoms with E-state index in [1.54, 1.807) is 0 Å². The second-order valence-electron chi connectivity index (χ2n) is 11.2. The summed E-state index contributed by atoms with van der Waals surface area (Å²) in [5, 5.41) is 13.7. The van der Waals surface area contributed by atoms with Crippen LogP contribution in [0.3, 0.4) is 0 Å². The number of nitrogens with one attached hydrogen (secondary N) is 1. The Morgan fingerprint density at radius 3 is 2.53 bits per heavy atom. The van der Waals surface area contributed by atoms with E-state index in [0.717, 1.165) is 28.0 Å².